The predicted octanol–water partition coefficient (Wildman–Crippen LogP) is 5.15. The fourth-order valence-electron chi connectivity index (χ4n) is 2.76. The summed E-state index contributed by atoms with van der Waals surface area (Å²) < 4.78 is 10.3. The van der Waals surface area contributed by atoms with Crippen LogP contribution in [0.1, 0.15) is 11.6 Å². The minimum atomic E-state index is -0.604. The SMILES string of the molecule is COc1ccc(NC(=O)C(Nc2ccc(OC)c(Cl)c2)c2ccccc2)cc1. The molecule has 0 saturated heterocycles. The minimum Gasteiger partial charge on any atom is -0.497 e. The standard InChI is InChI=1S/C22H21ClN2O3/c1-27-18-11-8-16(9-12-18)25-22(26)21(15-6-4-3-5-7-15)24-17-10-13-20(28-2)19(23)14-17/h3-14,21,24H,1-2H3,(H,25,26). The summed E-state index contributed by atoms with van der Waals surface area (Å²) in [4.78, 5) is 13.0. The molecule has 0 heterocycles. The average Bonchev–Trinajstić information content (AvgIpc) is 2.73. The van der Waals surface area contributed by atoms with E-state index in [1.807, 2.05) is 36.4 Å². The zero-order valence-corrected chi connectivity index (χ0v) is 16.4. The second-order valence-corrected chi connectivity index (χ2v) is 6.46. The number of nitrogens with one attached hydrogen (secondary N) is 2. The molecular formula is C22H21ClN2O3. The van der Waals surface area contributed by atoms with E-state index in [9.17, 15) is 4.79 Å². The van der Waals surface area contributed by atoms with Crippen LogP contribution in [0.2, 0.25) is 5.02 Å². The molecule has 0 aliphatic carbocycles. The van der Waals surface area contributed by atoms with Gasteiger partial charge in [-0.1, -0.05) is 41.9 Å². The lowest BCUT2D eigenvalue weighted by Gasteiger charge is -2.20. The molecule has 0 aromatic heterocycles. The van der Waals surface area contributed by atoms with Crippen molar-refractivity contribution in [2.75, 3.05) is 24.9 Å². The molecule has 0 aliphatic heterocycles. The number of carbonyl (C=O) groups excluding carboxylic acids is 1. The van der Waals surface area contributed by atoms with E-state index in [0.717, 1.165) is 11.3 Å². The van der Waals surface area contributed by atoms with Crippen LogP contribution in [0.25, 0.3) is 0 Å². The van der Waals surface area contributed by atoms with E-state index in [-0.39, 0.29) is 5.91 Å². The Morgan fingerprint density at radius 2 is 1.57 bits per heavy atom. The summed E-state index contributed by atoms with van der Waals surface area (Å²) >= 11 is 6.22. The van der Waals surface area contributed by atoms with Gasteiger partial charge in [0.25, 0.3) is 5.91 Å². The maximum absolute atomic E-state index is 13.0. The van der Waals surface area contributed by atoms with Crippen LogP contribution in [0.3, 0.4) is 0 Å². The lowest BCUT2D eigenvalue weighted by molar-refractivity contribution is -0.117. The van der Waals surface area contributed by atoms with Gasteiger partial charge in [-0.05, 0) is 48.0 Å². The zero-order chi connectivity index (χ0) is 19.9. The molecule has 0 radical (unpaired) electrons. The Morgan fingerprint density at radius 1 is 0.893 bits per heavy atom. The molecule has 3 aromatic carbocycles. The van der Waals surface area contributed by atoms with Gasteiger partial charge in [0.15, 0.2) is 0 Å². The highest BCUT2D eigenvalue weighted by atomic mass is 35.5. The first kappa shape index (κ1) is 19.6. The number of hydrogen-bond acceptors (Lipinski definition) is 4. The topological polar surface area (TPSA) is 59.6 Å². The van der Waals surface area contributed by atoms with Gasteiger partial charge in [0.1, 0.15) is 17.5 Å². The number of benzene rings is 3. The van der Waals surface area contributed by atoms with Crippen LogP contribution >= 0.6 is 11.6 Å². The Hall–Kier alpha value is -3.18. The third kappa shape index (κ3) is 4.75. The fourth-order valence-corrected chi connectivity index (χ4v) is 3.02. The maximum atomic E-state index is 13.0. The van der Waals surface area contributed by atoms with Crippen molar-refractivity contribution in [3.63, 3.8) is 0 Å². The Morgan fingerprint density at radius 3 is 2.18 bits per heavy atom. The highest BCUT2D eigenvalue weighted by Gasteiger charge is 2.21. The maximum Gasteiger partial charge on any atom is 0.251 e. The third-order valence-electron chi connectivity index (χ3n) is 4.22. The van der Waals surface area contributed by atoms with Crippen molar-refractivity contribution < 1.29 is 14.3 Å². The van der Waals surface area contributed by atoms with E-state index < -0.39 is 6.04 Å². The van der Waals surface area contributed by atoms with Crippen LogP contribution in [0.4, 0.5) is 11.4 Å². The largest absolute Gasteiger partial charge is 0.497 e. The second-order valence-electron chi connectivity index (χ2n) is 6.06. The molecule has 6 heteroatoms. The molecular weight excluding hydrogens is 376 g/mol. The first-order valence-corrected chi connectivity index (χ1v) is 9.08. The molecule has 0 spiro atoms. The van der Waals surface area contributed by atoms with E-state index >= 15 is 0 Å². The molecule has 28 heavy (non-hydrogen) atoms. The van der Waals surface area contributed by atoms with Gasteiger partial charge < -0.3 is 20.1 Å². The molecule has 0 aliphatic rings. The van der Waals surface area contributed by atoms with Gasteiger partial charge in [-0.3, -0.25) is 4.79 Å². The monoisotopic (exact) mass is 396 g/mol. The van der Waals surface area contributed by atoms with E-state index in [1.165, 1.54) is 0 Å². The number of halogens is 1. The Labute approximate surface area is 169 Å². The van der Waals surface area contributed by atoms with Crippen molar-refractivity contribution >= 4 is 28.9 Å². The normalized spacial score (nSPS) is 11.4. The Kier molecular flexibility index (Phi) is 6.40. The molecule has 0 bridgehead atoms. The van der Waals surface area contributed by atoms with Crippen LogP contribution < -0.4 is 20.1 Å². The summed E-state index contributed by atoms with van der Waals surface area (Å²) in [7, 11) is 3.16. The third-order valence-corrected chi connectivity index (χ3v) is 4.51. The van der Waals surface area contributed by atoms with Crippen molar-refractivity contribution in [3.05, 3.63) is 83.4 Å². The Bertz CT molecular complexity index is 930. The van der Waals surface area contributed by atoms with Gasteiger partial charge in [-0.25, -0.2) is 0 Å². The van der Waals surface area contributed by atoms with Crippen LogP contribution in [-0.4, -0.2) is 20.1 Å². The number of anilines is 2. The van der Waals surface area contributed by atoms with Gasteiger partial charge >= 0.3 is 0 Å². The van der Waals surface area contributed by atoms with Crippen LogP contribution in [0, 0.1) is 0 Å². The average molecular weight is 397 g/mol. The molecule has 0 fully saturated rings. The van der Waals surface area contributed by atoms with Gasteiger partial charge in [-0.15, -0.1) is 0 Å². The number of carbonyl (C=O) groups is 1. The molecule has 3 aromatic rings. The quantitative estimate of drug-likeness (QED) is 0.579. The fraction of sp³-hybridized carbons (Fsp3) is 0.136. The summed E-state index contributed by atoms with van der Waals surface area (Å²) in [5, 5.41) is 6.66. The van der Waals surface area contributed by atoms with E-state index in [0.29, 0.717) is 22.1 Å². The van der Waals surface area contributed by atoms with Crippen LogP contribution in [0.5, 0.6) is 11.5 Å². The van der Waals surface area contributed by atoms with Gasteiger partial charge in [0, 0.05) is 11.4 Å². The summed E-state index contributed by atoms with van der Waals surface area (Å²) in [6, 6.07) is 21.4. The van der Waals surface area contributed by atoms with Crippen molar-refractivity contribution in [1.29, 1.82) is 0 Å². The lowest BCUT2D eigenvalue weighted by atomic mass is 10.1. The number of ether oxygens (including phenoxy) is 2. The highest BCUT2D eigenvalue weighted by Crippen LogP contribution is 2.30. The van der Waals surface area contributed by atoms with Gasteiger partial charge in [0.05, 0.1) is 19.2 Å². The summed E-state index contributed by atoms with van der Waals surface area (Å²) in [5.41, 5.74) is 2.23. The Balaban J connectivity index is 1.84. The molecule has 1 atom stereocenters. The minimum absolute atomic E-state index is 0.191. The smallest absolute Gasteiger partial charge is 0.251 e. The van der Waals surface area contributed by atoms with Gasteiger partial charge in [0.2, 0.25) is 0 Å². The second kappa shape index (κ2) is 9.15. The molecule has 144 valence electrons. The van der Waals surface area contributed by atoms with Crippen LogP contribution in [-0.2, 0) is 4.79 Å². The predicted molar refractivity (Wildman–Crippen MR) is 112 cm³/mol. The van der Waals surface area contributed by atoms with Crippen molar-refractivity contribution in [2.24, 2.45) is 0 Å². The molecule has 5 nitrogen and oxygen atoms in total. The summed E-state index contributed by atoms with van der Waals surface area (Å²) in [5.74, 6) is 1.11. The van der Waals surface area contributed by atoms with E-state index in [4.69, 9.17) is 21.1 Å². The summed E-state index contributed by atoms with van der Waals surface area (Å²) in [6.07, 6.45) is 0. The molecule has 3 rings (SSSR count). The van der Waals surface area contributed by atoms with E-state index in [2.05, 4.69) is 10.6 Å². The molecule has 2 N–H and O–H groups in total. The first-order valence-electron chi connectivity index (χ1n) is 8.70. The number of amides is 1. The van der Waals surface area contributed by atoms with Crippen molar-refractivity contribution in [1.82, 2.24) is 0 Å². The number of methoxy groups -OCH3 is 2. The first-order chi connectivity index (χ1) is 13.6. The van der Waals surface area contributed by atoms with Crippen molar-refractivity contribution in [3.8, 4) is 11.5 Å². The molecule has 1 amide bonds. The van der Waals surface area contributed by atoms with Crippen LogP contribution in [0.15, 0.2) is 72.8 Å². The van der Waals surface area contributed by atoms with Crippen molar-refractivity contribution in [2.45, 2.75) is 6.04 Å². The van der Waals surface area contributed by atoms with E-state index in [1.54, 1.807) is 50.6 Å². The summed E-state index contributed by atoms with van der Waals surface area (Å²) in [6.45, 7) is 0. The lowest BCUT2D eigenvalue weighted by Crippen LogP contribution is -2.27. The number of rotatable bonds is 7. The highest BCUT2D eigenvalue weighted by molar-refractivity contribution is 6.32. The molecule has 1 unspecified atom stereocenters. The van der Waals surface area contributed by atoms with Gasteiger partial charge in [-0.2, -0.15) is 0 Å². The molecule has 0 saturated carbocycles. The number of hydrogen-bond donors (Lipinski definition) is 2. The zero-order valence-electron chi connectivity index (χ0n) is 15.6.